The summed E-state index contributed by atoms with van der Waals surface area (Å²) in [5, 5.41) is 12.3. The number of nitrogens with zero attached hydrogens (tertiary/aromatic N) is 1. The monoisotopic (exact) mass is 228 g/mol. The molecule has 1 unspecified atom stereocenters. The van der Waals surface area contributed by atoms with Crippen molar-refractivity contribution in [3.8, 4) is 0 Å². The maximum Gasteiger partial charge on any atom is 0.224 e. The molecular weight excluding hydrogens is 204 g/mol. The van der Waals surface area contributed by atoms with Crippen LogP contribution in [0, 0.1) is 0 Å². The molecule has 0 radical (unpaired) electrons. The van der Waals surface area contributed by atoms with E-state index in [1.165, 1.54) is 6.42 Å². The molecule has 0 aromatic heterocycles. The minimum absolute atomic E-state index is 0.0630. The second-order valence-corrected chi connectivity index (χ2v) is 4.46. The Bertz CT molecular complexity index is 203. The van der Waals surface area contributed by atoms with Crippen LogP contribution in [-0.2, 0) is 4.79 Å². The topological polar surface area (TPSA) is 52.6 Å². The van der Waals surface area contributed by atoms with E-state index in [0.717, 1.165) is 32.4 Å². The first-order chi connectivity index (χ1) is 7.77. The number of nitrogens with one attached hydrogen (secondary N) is 1. The Kier molecular flexibility index (Phi) is 6.42. The second-order valence-electron chi connectivity index (χ2n) is 4.46. The minimum Gasteiger partial charge on any atom is -0.395 e. The average Bonchev–Trinajstić information content (AvgIpc) is 2.76. The summed E-state index contributed by atoms with van der Waals surface area (Å²) in [6.07, 6.45) is 4.96. The number of carbonyl (C=O) groups is 1. The van der Waals surface area contributed by atoms with E-state index in [1.54, 1.807) is 4.90 Å². The third kappa shape index (κ3) is 4.49. The van der Waals surface area contributed by atoms with Crippen molar-refractivity contribution in [2.45, 2.75) is 45.1 Å². The number of rotatable bonds is 7. The Morgan fingerprint density at radius 2 is 2.31 bits per heavy atom. The van der Waals surface area contributed by atoms with Gasteiger partial charge in [0.2, 0.25) is 5.91 Å². The maximum absolute atomic E-state index is 12.0. The predicted molar refractivity (Wildman–Crippen MR) is 64.2 cm³/mol. The molecule has 16 heavy (non-hydrogen) atoms. The number of hydrogen-bond donors (Lipinski definition) is 2. The van der Waals surface area contributed by atoms with Crippen LogP contribution in [0.1, 0.15) is 39.0 Å². The fourth-order valence-corrected chi connectivity index (χ4v) is 2.10. The van der Waals surface area contributed by atoms with Gasteiger partial charge in [0.1, 0.15) is 0 Å². The highest BCUT2D eigenvalue weighted by molar-refractivity contribution is 5.76. The highest BCUT2D eigenvalue weighted by atomic mass is 16.3. The van der Waals surface area contributed by atoms with E-state index in [-0.39, 0.29) is 12.5 Å². The molecule has 1 aliphatic rings. The van der Waals surface area contributed by atoms with Crippen LogP contribution in [0.5, 0.6) is 0 Å². The number of amides is 1. The fourth-order valence-electron chi connectivity index (χ4n) is 2.10. The lowest BCUT2D eigenvalue weighted by Crippen LogP contribution is -2.38. The van der Waals surface area contributed by atoms with Crippen molar-refractivity contribution in [2.24, 2.45) is 0 Å². The molecule has 0 aromatic rings. The SMILES string of the molecule is CCCCN(CCO)C(=O)CC1CCCN1. The van der Waals surface area contributed by atoms with E-state index in [9.17, 15) is 4.79 Å². The van der Waals surface area contributed by atoms with Crippen LogP contribution in [0.2, 0.25) is 0 Å². The molecule has 4 nitrogen and oxygen atoms in total. The first kappa shape index (κ1) is 13.5. The lowest BCUT2D eigenvalue weighted by Gasteiger charge is -2.23. The summed E-state index contributed by atoms with van der Waals surface area (Å²) in [7, 11) is 0. The third-order valence-electron chi connectivity index (χ3n) is 3.09. The van der Waals surface area contributed by atoms with Crippen molar-refractivity contribution in [1.29, 1.82) is 0 Å². The molecule has 0 bridgehead atoms. The van der Waals surface area contributed by atoms with Crippen LogP contribution in [-0.4, -0.2) is 48.2 Å². The first-order valence-corrected chi connectivity index (χ1v) is 6.40. The minimum atomic E-state index is 0.0630. The van der Waals surface area contributed by atoms with Gasteiger partial charge in [-0.3, -0.25) is 4.79 Å². The largest absolute Gasteiger partial charge is 0.395 e. The fraction of sp³-hybridized carbons (Fsp3) is 0.917. The molecule has 1 amide bonds. The van der Waals surface area contributed by atoms with Crippen LogP contribution in [0.4, 0.5) is 0 Å². The highest BCUT2D eigenvalue weighted by Gasteiger charge is 2.20. The molecule has 0 aromatic carbocycles. The lowest BCUT2D eigenvalue weighted by atomic mass is 10.1. The summed E-state index contributed by atoms with van der Waals surface area (Å²) in [4.78, 5) is 13.8. The standard InChI is InChI=1S/C12H24N2O2/c1-2-3-7-14(8-9-15)12(16)10-11-5-4-6-13-11/h11,13,15H,2-10H2,1H3. The zero-order valence-electron chi connectivity index (χ0n) is 10.2. The van der Waals surface area contributed by atoms with Crippen molar-refractivity contribution in [3.63, 3.8) is 0 Å². The normalized spacial score (nSPS) is 20.0. The Morgan fingerprint density at radius 1 is 1.50 bits per heavy atom. The Labute approximate surface area is 98.0 Å². The molecule has 0 saturated carbocycles. The zero-order chi connectivity index (χ0) is 11.8. The second kappa shape index (κ2) is 7.63. The highest BCUT2D eigenvalue weighted by Crippen LogP contribution is 2.10. The Morgan fingerprint density at radius 3 is 2.88 bits per heavy atom. The summed E-state index contributed by atoms with van der Waals surface area (Å²) in [6, 6.07) is 0.357. The summed E-state index contributed by atoms with van der Waals surface area (Å²) in [5.74, 6) is 0.182. The van der Waals surface area contributed by atoms with Gasteiger partial charge < -0.3 is 15.3 Å². The van der Waals surface area contributed by atoms with E-state index in [1.807, 2.05) is 0 Å². The molecule has 1 aliphatic heterocycles. The van der Waals surface area contributed by atoms with Gasteiger partial charge in [-0.05, 0) is 25.8 Å². The van der Waals surface area contributed by atoms with Crippen LogP contribution in [0.15, 0.2) is 0 Å². The molecule has 1 rings (SSSR count). The molecule has 0 spiro atoms. The Balaban J connectivity index is 2.32. The molecule has 0 aliphatic carbocycles. The third-order valence-corrected chi connectivity index (χ3v) is 3.09. The van der Waals surface area contributed by atoms with Crippen molar-refractivity contribution < 1.29 is 9.90 Å². The molecule has 1 fully saturated rings. The van der Waals surface area contributed by atoms with Gasteiger partial charge in [0, 0.05) is 25.6 Å². The number of unbranched alkanes of at least 4 members (excludes halogenated alkanes) is 1. The molecule has 1 heterocycles. The van der Waals surface area contributed by atoms with Gasteiger partial charge in [-0.25, -0.2) is 0 Å². The van der Waals surface area contributed by atoms with Gasteiger partial charge >= 0.3 is 0 Å². The predicted octanol–water partition coefficient (Wildman–Crippen LogP) is 0.750. The van der Waals surface area contributed by atoms with Crippen molar-refractivity contribution in [1.82, 2.24) is 10.2 Å². The van der Waals surface area contributed by atoms with E-state index in [0.29, 0.717) is 19.0 Å². The van der Waals surface area contributed by atoms with Gasteiger partial charge in [0.05, 0.1) is 6.61 Å². The van der Waals surface area contributed by atoms with Crippen LogP contribution in [0.3, 0.4) is 0 Å². The van der Waals surface area contributed by atoms with Gasteiger partial charge in [-0.2, -0.15) is 0 Å². The van der Waals surface area contributed by atoms with Gasteiger partial charge in [-0.15, -0.1) is 0 Å². The Hall–Kier alpha value is -0.610. The van der Waals surface area contributed by atoms with E-state index in [4.69, 9.17) is 5.11 Å². The molecule has 94 valence electrons. The van der Waals surface area contributed by atoms with Crippen LogP contribution < -0.4 is 5.32 Å². The zero-order valence-corrected chi connectivity index (χ0v) is 10.2. The molecular formula is C12H24N2O2. The van der Waals surface area contributed by atoms with E-state index < -0.39 is 0 Å². The van der Waals surface area contributed by atoms with Crippen molar-refractivity contribution in [2.75, 3.05) is 26.2 Å². The number of aliphatic hydroxyl groups is 1. The number of aliphatic hydroxyl groups excluding tert-OH is 1. The summed E-state index contributed by atoms with van der Waals surface area (Å²) in [6.45, 7) is 4.47. The molecule has 2 N–H and O–H groups in total. The average molecular weight is 228 g/mol. The maximum atomic E-state index is 12.0. The lowest BCUT2D eigenvalue weighted by molar-refractivity contribution is -0.132. The number of carbonyl (C=O) groups excluding carboxylic acids is 1. The molecule has 1 atom stereocenters. The van der Waals surface area contributed by atoms with Gasteiger partial charge in [0.25, 0.3) is 0 Å². The van der Waals surface area contributed by atoms with Gasteiger partial charge in [0.15, 0.2) is 0 Å². The van der Waals surface area contributed by atoms with Crippen LogP contribution in [0.25, 0.3) is 0 Å². The first-order valence-electron chi connectivity index (χ1n) is 6.40. The van der Waals surface area contributed by atoms with Gasteiger partial charge in [-0.1, -0.05) is 13.3 Å². The number of hydrogen-bond acceptors (Lipinski definition) is 3. The molecule has 4 heteroatoms. The summed E-state index contributed by atoms with van der Waals surface area (Å²) < 4.78 is 0. The van der Waals surface area contributed by atoms with Crippen molar-refractivity contribution >= 4 is 5.91 Å². The quantitative estimate of drug-likeness (QED) is 0.676. The molecule has 1 saturated heterocycles. The van der Waals surface area contributed by atoms with E-state index >= 15 is 0 Å². The smallest absolute Gasteiger partial charge is 0.224 e. The summed E-state index contributed by atoms with van der Waals surface area (Å²) in [5.41, 5.74) is 0. The van der Waals surface area contributed by atoms with Crippen molar-refractivity contribution in [3.05, 3.63) is 0 Å². The van der Waals surface area contributed by atoms with Crippen LogP contribution >= 0.6 is 0 Å². The van der Waals surface area contributed by atoms with E-state index in [2.05, 4.69) is 12.2 Å². The summed E-state index contributed by atoms with van der Waals surface area (Å²) >= 11 is 0.